The van der Waals surface area contributed by atoms with Crippen molar-refractivity contribution in [3.8, 4) is 0 Å². The van der Waals surface area contributed by atoms with Crippen LogP contribution in [0.15, 0.2) is 12.1 Å². The molecule has 4 heteroatoms. The zero-order chi connectivity index (χ0) is 11.7. The first-order valence-electron chi connectivity index (χ1n) is 5.58. The molecule has 16 heavy (non-hydrogen) atoms. The van der Waals surface area contributed by atoms with E-state index in [0.717, 1.165) is 19.0 Å². The van der Waals surface area contributed by atoms with E-state index >= 15 is 0 Å². The standard InChI is InChI=1S/C12H16F2N2/c1-7(2)9-5-6-15-10-4-3-8(13)11(14)12(10)16-9/h3-4,7,9,15-16H,5-6H2,1-2H3. The van der Waals surface area contributed by atoms with Gasteiger partial charge in [-0.3, -0.25) is 0 Å². The van der Waals surface area contributed by atoms with Gasteiger partial charge in [-0.1, -0.05) is 13.8 Å². The lowest BCUT2D eigenvalue weighted by Gasteiger charge is -2.21. The predicted octanol–water partition coefficient (Wildman–Crippen LogP) is 3.22. The molecule has 1 aromatic rings. The molecule has 0 bridgehead atoms. The summed E-state index contributed by atoms with van der Waals surface area (Å²) in [5, 5.41) is 6.20. The van der Waals surface area contributed by atoms with E-state index in [1.807, 2.05) is 0 Å². The Bertz CT molecular complexity index is 391. The van der Waals surface area contributed by atoms with Crippen molar-refractivity contribution in [2.45, 2.75) is 26.3 Å². The van der Waals surface area contributed by atoms with Gasteiger partial charge in [-0.25, -0.2) is 8.78 Å². The SMILES string of the molecule is CC(C)C1CCNc2ccc(F)c(F)c2N1. The Kier molecular flexibility index (Phi) is 2.99. The van der Waals surface area contributed by atoms with Crippen molar-refractivity contribution in [2.24, 2.45) is 5.92 Å². The summed E-state index contributed by atoms with van der Waals surface area (Å²) in [5.74, 6) is -1.22. The van der Waals surface area contributed by atoms with Gasteiger partial charge in [0.2, 0.25) is 0 Å². The minimum atomic E-state index is -0.808. The molecule has 1 aliphatic heterocycles. The van der Waals surface area contributed by atoms with Crippen LogP contribution in [0.2, 0.25) is 0 Å². The van der Waals surface area contributed by atoms with E-state index in [9.17, 15) is 8.78 Å². The summed E-state index contributed by atoms with van der Waals surface area (Å²) < 4.78 is 26.7. The number of benzene rings is 1. The number of hydrogen-bond acceptors (Lipinski definition) is 2. The largest absolute Gasteiger partial charge is 0.383 e. The lowest BCUT2D eigenvalue weighted by molar-refractivity contribution is 0.491. The van der Waals surface area contributed by atoms with E-state index in [-0.39, 0.29) is 11.7 Å². The smallest absolute Gasteiger partial charge is 0.183 e. The van der Waals surface area contributed by atoms with Crippen LogP contribution >= 0.6 is 0 Å². The Morgan fingerprint density at radius 2 is 2.06 bits per heavy atom. The van der Waals surface area contributed by atoms with Gasteiger partial charge in [0, 0.05) is 12.6 Å². The van der Waals surface area contributed by atoms with Gasteiger partial charge in [-0.05, 0) is 24.5 Å². The predicted molar refractivity (Wildman–Crippen MR) is 61.7 cm³/mol. The van der Waals surface area contributed by atoms with Crippen molar-refractivity contribution >= 4 is 11.4 Å². The minimum absolute atomic E-state index is 0.171. The molecule has 1 unspecified atom stereocenters. The van der Waals surface area contributed by atoms with Crippen LogP contribution in [0.5, 0.6) is 0 Å². The van der Waals surface area contributed by atoms with Crippen molar-refractivity contribution in [3.63, 3.8) is 0 Å². The second kappa shape index (κ2) is 4.28. The summed E-state index contributed by atoms with van der Waals surface area (Å²) in [4.78, 5) is 0. The Labute approximate surface area is 94.0 Å². The molecule has 1 aromatic carbocycles. The first-order chi connectivity index (χ1) is 7.59. The number of nitrogens with one attached hydrogen (secondary N) is 2. The summed E-state index contributed by atoms with van der Waals surface area (Å²) in [7, 11) is 0. The molecule has 2 nitrogen and oxygen atoms in total. The van der Waals surface area contributed by atoms with Crippen LogP contribution in [0.1, 0.15) is 20.3 Å². The second-order valence-electron chi connectivity index (χ2n) is 4.49. The van der Waals surface area contributed by atoms with E-state index in [1.54, 1.807) is 6.07 Å². The fraction of sp³-hybridized carbons (Fsp3) is 0.500. The summed E-state index contributed by atoms with van der Waals surface area (Å²) in [6.45, 7) is 4.91. The van der Waals surface area contributed by atoms with Crippen LogP contribution < -0.4 is 10.6 Å². The van der Waals surface area contributed by atoms with Gasteiger partial charge >= 0.3 is 0 Å². The Balaban J connectivity index is 2.38. The number of anilines is 2. The molecule has 0 aromatic heterocycles. The first kappa shape index (κ1) is 11.2. The number of rotatable bonds is 1. The molecule has 1 atom stereocenters. The molecule has 0 fully saturated rings. The maximum Gasteiger partial charge on any atom is 0.183 e. The Morgan fingerprint density at radius 3 is 2.75 bits per heavy atom. The first-order valence-corrected chi connectivity index (χ1v) is 5.58. The van der Waals surface area contributed by atoms with Gasteiger partial charge < -0.3 is 10.6 Å². The monoisotopic (exact) mass is 226 g/mol. The van der Waals surface area contributed by atoms with Gasteiger partial charge in [0.05, 0.1) is 11.4 Å². The zero-order valence-electron chi connectivity index (χ0n) is 9.48. The topological polar surface area (TPSA) is 24.1 Å². The average molecular weight is 226 g/mol. The molecule has 1 aliphatic rings. The van der Waals surface area contributed by atoms with Crippen LogP contribution in [0.3, 0.4) is 0 Å². The highest BCUT2D eigenvalue weighted by Gasteiger charge is 2.22. The third-order valence-corrected chi connectivity index (χ3v) is 3.00. The molecule has 0 radical (unpaired) electrons. The van der Waals surface area contributed by atoms with Gasteiger partial charge in [0.1, 0.15) is 0 Å². The van der Waals surface area contributed by atoms with E-state index in [4.69, 9.17) is 0 Å². The minimum Gasteiger partial charge on any atom is -0.383 e. The summed E-state index contributed by atoms with van der Waals surface area (Å²) in [6.07, 6.45) is 0.896. The molecule has 1 heterocycles. The van der Waals surface area contributed by atoms with Crippen LogP contribution in [-0.2, 0) is 0 Å². The summed E-state index contributed by atoms with van der Waals surface area (Å²) in [5.41, 5.74) is 0.901. The van der Waals surface area contributed by atoms with Crippen LogP contribution in [0.4, 0.5) is 20.2 Å². The molecule has 2 rings (SSSR count). The maximum absolute atomic E-state index is 13.6. The van der Waals surface area contributed by atoms with E-state index in [2.05, 4.69) is 24.5 Å². The van der Waals surface area contributed by atoms with E-state index < -0.39 is 11.6 Å². The van der Waals surface area contributed by atoms with E-state index in [1.165, 1.54) is 0 Å². The number of halogens is 2. The fourth-order valence-corrected chi connectivity index (χ4v) is 1.96. The molecule has 0 amide bonds. The lowest BCUT2D eigenvalue weighted by atomic mass is 10.0. The highest BCUT2D eigenvalue weighted by molar-refractivity contribution is 5.70. The van der Waals surface area contributed by atoms with Gasteiger partial charge in [-0.2, -0.15) is 0 Å². The average Bonchev–Trinajstić information content (AvgIpc) is 2.46. The Morgan fingerprint density at radius 1 is 1.31 bits per heavy atom. The molecule has 0 spiro atoms. The Hall–Kier alpha value is -1.32. The molecule has 88 valence electrons. The highest BCUT2D eigenvalue weighted by atomic mass is 19.2. The third-order valence-electron chi connectivity index (χ3n) is 3.00. The lowest BCUT2D eigenvalue weighted by Crippen LogP contribution is -2.26. The quantitative estimate of drug-likeness (QED) is 0.768. The van der Waals surface area contributed by atoms with Crippen LogP contribution in [-0.4, -0.2) is 12.6 Å². The van der Waals surface area contributed by atoms with Crippen molar-refractivity contribution in [1.29, 1.82) is 0 Å². The third kappa shape index (κ3) is 1.96. The zero-order valence-corrected chi connectivity index (χ0v) is 9.48. The van der Waals surface area contributed by atoms with E-state index in [0.29, 0.717) is 11.6 Å². The van der Waals surface area contributed by atoms with Gasteiger partial charge in [0.15, 0.2) is 11.6 Å². The van der Waals surface area contributed by atoms with Crippen molar-refractivity contribution in [1.82, 2.24) is 0 Å². The van der Waals surface area contributed by atoms with Gasteiger partial charge in [0.25, 0.3) is 0 Å². The molecular formula is C12H16F2N2. The fourth-order valence-electron chi connectivity index (χ4n) is 1.96. The maximum atomic E-state index is 13.6. The van der Waals surface area contributed by atoms with Gasteiger partial charge in [-0.15, -0.1) is 0 Å². The van der Waals surface area contributed by atoms with Crippen LogP contribution in [0, 0.1) is 17.6 Å². The molecular weight excluding hydrogens is 210 g/mol. The molecule has 2 N–H and O–H groups in total. The molecule has 0 saturated carbocycles. The van der Waals surface area contributed by atoms with Crippen molar-refractivity contribution in [3.05, 3.63) is 23.8 Å². The van der Waals surface area contributed by atoms with Crippen molar-refractivity contribution in [2.75, 3.05) is 17.2 Å². The summed E-state index contributed by atoms with van der Waals surface area (Å²) in [6, 6.07) is 2.90. The number of hydrogen-bond donors (Lipinski definition) is 2. The molecule has 0 aliphatic carbocycles. The summed E-state index contributed by atoms with van der Waals surface area (Å²) >= 11 is 0. The number of fused-ring (bicyclic) bond motifs is 1. The molecule has 0 saturated heterocycles. The highest BCUT2D eigenvalue weighted by Crippen LogP contribution is 2.31. The second-order valence-corrected chi connectivity index (χ2v) is 4.49. The van der Waals surface area contributed by atoms with Crippen molar-refractivity contribution < 1.29 is 8.78 Å². The van der Waals surface area contributed by atoms with Crippen LogP contribution in [0.25, 0.3) is 0 Å². The normalized spacial score (nSPS) is 19.7.